The molecule has 2 amide bonds. The number of benzene rings is 3. The van der Waals surface area contributed by atoms with E-state index in [1.807, 2.05) is 48.5 Å². The quantitative estimate of drug-likeness (QED) is 0.306. The van der Waals surface area contributed by atoms with Gasteiger partial charge in [0.2, 0.25) is 0 Å². The maximum absolute atomic E-state index is 13.7. The van der Waals surface area contributed by atoms with Crippen LogP contribution in [0.5, 0.6) is 5.75 Å². The molecule has 0 spiro atoms. The summed E-state index contributed by atoms with van der Waals surface area (Å²) in [4.78, 5) is 26.9. The molecule has 3 aromatic carbocycles. The van der Waals surface area contributed by atoms with E-state index in [1.165, 1.54) is 6.20 Å². The normalized spacial score (nSPS) is 14.4. The molecule has 186 valence electrons. The van der Waals surface area contributed by atoms with E-state index in [0.29, 0.717) is 50.4 Å². The fraction of sp³-hybridized carbons (Fsp3) is 0.107. The molecule has 37 heavy (non-hydrogen) atoms. The van der Waals surface area contributed by atoms with E-state index in [9.17, 15) is 9.59 Å². The van der Waals surface area contributed by atoms with Crippen molar-refractivity contribution >= 4 is 40.6 Å². The Bertz CT molecular complexity index is 1510. The Morgan fingerprint density at radius 2 is 1.65 bits per heavy atom. The largest absolute Gasteiger partial charge is 0.495 e. The zero-order valence-electron chi connectivity index (χ0n) is 20.2. The van der Waals surface area contributed by atoms with E-state index in [4.69, 9.17) is 16.3 Å². The predicted octanol–water partition coefficient (Wildman–Crippen LogP) is 5.73. The average molecular weight is 514 g/mol. The van der Waals surface area contributed by atoms with Gasteiger partial charge in [-0.05, 0) is 37.3 Å². The van der Waals surface area contributed by atoms with E-state index >= 15 is 0 Å². The highest BCUT2D eigenvalue weighted by Crippen LogP contribution is 2.40. The Balaban J connectivity index is 1.56. The maximum Gasteiger partial charge on any atom is 0.261 e. The zero-order valence-corrected chi connectivity index (χ0v) is 20.9. The summed E-state index contributed by atoms with van der Waals surface area (Å²) in [6.45, 7) is 1.79. The Morgan fingerprint density at radius 1 is 0.946 bits per heavy atom. The molecule has 0 bridgehead atoms. The molecule has 2 heterocycles. The van der Waals surface area contributed by atoms with Crippen LogP contribution in [0.3, 0.4) is 0 Å². The Labute approximate surface area is 218 Å². The summed E-state index contributed by atoms with van der Waals surface area (Å²) >= 11 is 6.61. The monoisotopic (exact) mass is 513 g/mol. The lowest BCUT2D eigenvalue weighted by molar-refractivity contribution is -0.113. The molecule has 1 aromatic heterocycles. The number of nitrogens with zero attached hydrogens (tertiary/aromatic N) is 2. The number of fused-ring (bicyclic) bond motifs is 1. The highest BCUT2D eigenvalue weighted by atomic mass is 35.5. The summed E-state index contributed by atoms with van der Waals surface area (Å²) in [6, 6.07) is 22.9. The standard InChI is InChI=1S/C28H24ClN5O3/c1-17-24(28(36)33-22-14-8-9-15-23(22)37-2)25(19-12-6-7-13-21(19)29)34-26(31-17)20(16-30-34)27(35)32-18-10-4-3-5-11-18/h3-16,25,31H,1-2H3,(H,32,35)(H,33,36)/t25-/m0/s1. The van der Waals surface area contributed by atoms with Gasteiger partial charge in [-0.3, -0.25) is 9.59 Å². The molecule has 0 fully saturated rings. The third kappa shape index (κ3) is 4.66. The molecule has 4 aromatic rings. The van der Waals surface area contributed by atoms with E-state index in [-0.39, 0.29) is 11.8 Å². The molecule has 1 aliphatic rings. The predicted molar refractivity (Wildman–Crippen MR) is 144 cm³/mol. The van der Waals surface area contributed by atoms with Crippen LogP contribution >= 0.6 is 11.6 Å². The van der Waals surface area contributed by atoms with Crippen LogP contribution in [0, 0.1) is 0 Å². The average Bonchev–Trinajstić information content (AvgIpc) is 3.32. The fourth-order valence-corrected chi connectivity index (χ4v) is 4.60. The van der Waals surface area contributed by atoms with Gasteiger partial charge in [0.15, 0.2) is 0 Å². The fourth-order valence-electron chi connectivity index (χ4n) is 4.36. The lowest BCUT2D eigenvalue weighted by Crippen LogP contribution is -2.32. The number of ether oxygens (including phenoxy) is 1. The second-order valence-electron chi connectivity index (χ2n) is 8.41. The third-order valence-electron chi connectivity index (χ3n) is 6.10. The van der Waals surface area contributed by atoms with E-state index in [1.54, 1.807) is 49.0 Å². The molecule has 0 unspecified atom stereocenters. The maximum atomic E-state index is 13.7. The van der Waals surface area contributed by atoms with Crippen molar-refractivity contribution in [1.82, 2.24) is 9.78 Å². The van der Waals surface area contributed by atoms with Crippen LogP contribution in [0.4, 0.5) is 17.2 Å². The molecule has 1 aliphatic heterocycles. The highest BCUT2D eigenvalue weighted by Gasteiger charge is 2.36. The lowest BCUT2D eigenvalue weighted by atomic mass is 9.94. The van der Waals surface area contributed by atoms with Crippen LogP contribution < -0.4 is 20.7 Å². The summed E-state index contributed by atoms with van der Waals surface area (Å²) in [5, 5.41) is 14.1. The molecule has 8 nitrogen and oxygen atoms in total. The highest BCUT2D eigenvalue weighted by molar-refractivity contribution is 6.31. The first kappa shape index (κ1) is 24.1. The van der Waals surface area contributed by atoms with Crippen molar-refractivity contribution in [3.05, 3.63) is 112 Å². The molecule has 9 heteroatoms. The number of hydrogen-bond donors (Lipinski definition) is 3. The van der Waals surface area contributed by atoms with Gasteiger partial charge in [0.05, 0.1) is 24.6 Å². The van der Waals surface area contributed by atoms with Crippen LogP contribution in [-0.2, 0) is 4.79 Å². The van der Waals surface area contributed by atoms with Crippen molar-refractivity contribution in [2.24, 2.45) is 0 Å². The summed E-state index contributed by atoms with van der Waals surface area (Å²) < 4.78 is 7.01. The van der Waals surface area contributed by atoms with Gasteiger partial charge in [-0.1, -0.05) is 60.1 Å². The molecule has 0 saturated heterocycles. The zero-order chi connectivity index (χ0) is 25.9. The number of hydrogen-bond acceptors (Lipinski definition) is 5. The van der Waals surface area contributed by atoms with E-state index in [0.717, 1.165) is 0 Å². The van der Waals surface area contributed by atoms with Gasteiger partial charge in [-0.2, -0.15) is 5.10 Å². The number of nitrogens with one attached hydrogen (secondary N) is 3. The number of allylic oxidation sites excluding steroid dienone is 1. The molecular formula is C28H24ClN5O3. The Morgan fingerprint density at radius 3 is 2.41 bits per heavy atom. The van der Waals surface area contributed by atoms with Gasteiger partial charge >= 0.3 is 0 Å². The molecule has 0 aliphatic carbocycles. The number of rotatable bonds is 6. The van der Waals surface area contributed by atoms with Crippen LogP contribution in [-0.4, -0.2) is 28.7 Å². The lowest BCUT2D eigenvalue weighted by Gasteiger charge is -2.30. The van der Waals surface area contributed by atoms with Crippen molar-refractivity contribution in [1.29, 1.82) is 0 Å². The van der Waals surface area contributed by atoms with Crippen molar-refractivity contribution in [3.63, 3.8) is 0 Å². The summed E-state index contributed by atoms with van der Waals surface area (Å²) in [5.41, 5.74) is 3.18. The first-order valence-corrected chi connectivity index (χ1v) is 12.0. The molecule has 0 saturated carbocycles. The Hall–Kier alpha value is -4.56. The minimum atomic E-state index is -0.682. The van der Waals surface area contributed by atoms with Gasteiger partial charge in [0.1, 0.15) is 23.2 Å². The van der Waals surface area contributed by atoms with Crippen molar-refractivity contribution in [2.45, 2.75) is 13.0 Å². The van der Waals surface area contributed by atoms with E-state index < -0.39 is 6.04 Å². The van der Waals surface area contributed by atoms with Gasteiger partial charge in [0.25, 0.3) is 11.8 Å². The minimum Gasteiger partial charge on any atom is -0.495 e. The number of halogens is 1. The van der Waals surface area contributed by atoms with Crippen LogP contribution in [0.2, 0.25) is 5.02 Å². The second kappa shape index (κ2) is 10.2. The van der Waals surface area contributed by atoms with Crippen molar-refractivity contribution in [3.8, 4) is 5.75 Å². The van der Waals surface area contributed by atoms with Gasteiger partial charge < -0.3 is 20.7 Å². The molecule has 1 atom stereocenters. The first-order chi connectivity index (χ1) is 18.0. The number of para-hydroxylation sites is 3. The summed E-state index contributed by atoms with van der Waals surface area (Å²) in [6.07, 6.45) is 1.48. The first-order valence-electron chi connectivity index (χ1n) is 11.6. The van der Waals surface area contributed by atoms with Crippen molar-refractivity contribution < 1.29 is 14.3 Å². The number of carbonyl (C=O) groups is 2. The van der Waals surface area contributed by atoms with Crippen LogP contribution in [0.15, 0.2) is 96.3 Å². The van der Waals surface area contributed by atoms with Crippen LogP contribution in [0.1, 0.15) is 28.9 Å². The molecule has 5 rings (SSSR count). The van der Waals surface area contributed by atoms with E-state index in [2.05, 4.69) is 21.0 Å². The topological polar surface area (TPSA) is 97.3 Å². The SMILES string of the molecule is COc1ccccc1NC(=O)C1=C(C)Nc2c(C(=O)Nc3ccccc3)cnn2[C@H]1c1ccccc1Cl. The molecular weight excluding hydrogens is 490 g/mol. The smallest absolute Gasteiger partial charge is 0.261 e. The van der Waals surface area contributed by atoms with Crippen LogP contribution in [0.25, 0.3) is 0 Å². The molecule has 3 N–H and O–H groups in total. The number of amides is 2. The van der Waals surface area contributed by atoms with Gasteiger partial charge in [0, 0.05) is 22.0 Å². The number of methoxy groups -OCH3 is 1. The second-order valence-corrected chi connectivity index (χ2v) is 8.82. The van der Waals surface area contributed by atoms with Gasteiger partial charge in [-0.15, -0.1) is 0 Å². The van der Waals surface area contributed by atoms with Gasteiger partial charge in [-0.25, -0.2) is 4.68 Å². The number of anilines is 3. The molecule has 0 radical (unpaired) electrons. The number of carbonyl (C=O) groups excluding carboxylic acids is 2. The minimum absolute atomic E-state index is 0.326. The Kier molecular flexibility index (Phi) is 6.66. The van der Waals surface area contributed by atoms with Crippen molar-refractivity contribution in [2.75, 3.05) is 23.1 Å². The number of aromatic nitrogens is 2. The summed E-state index contributed by atoms with van der Waals surface area (Å²) in [7, 11) is 1.54. The summed E-state index contributed by atoms with van der Waals surface area (Å²) in [5.74, 6) is 0.319. The third-order valence-corrected chi connectivity index (χ3v) is 6.44.